The number of hydrogen-bond acceptors (Lipinski definition) is 17. The van der Waals surface area contributed by atoms with Gasteiger partial charge < -0.3 is 31.1 Å². The summed E-state index contributed by atoms with van der Waals surface area (Å²) in [6.45, 7) is 3.12. The maximum absolute atomic E-state index is 13.5. The summed E-state index contributed by atoms with van der Waals surface area (Å²) < 4.78 is 54.6. The van der Waals surface area contributed by atoms with E-state index in [9.17, 15) is 55.8 Å². The van der Waals surface area contributed by atoms with Crippen LogP contribution in [0.1, 0.15) is 32.9 Å². The number of imide groups is 1. The molecule has 0 spiro atoms. The van der Waals surface area contributed by atoms with Gasteiger partial charge in [-0.1, -0.05) is 27.4 Å². The number of β-lactam (4-membered cyclic amide) rings is 1. The number of anilines is 1. The number of hydrogen-bond donors (Lipinski definition) is 6. The number of aromatic hydroxyl groups is 1. The van der Waals surface area contributed by atoms with E-state index in [0.29, 0.717) is 4.90 Å². The van der Waals surface area contributed by atoms with Gasteiger partial charge in [-0.2, -0.15) is 8.42 Å². The van der Waals surface area contributed by atoms with Gasteiger partial charge in [-0.3, -0.25) is 23.9 Å². The van der Waals surface area contributed by atoms with Crippen LogP contribution in [0.3, 0.4) is 0 Å². The number of carboxylic acids is 1. The van der Waals surface area contributed by atoms with Crippen LogP contribution in [0.4, 0.5) is 9.93 Å². The van der Waals surface area contributed by atoms with Gasteiger partial charge in [-0.15, -0.1) is 16.4 Å². The predicted octanol–water partition coefficient (Wildman–Crippen LogP) is -1.19. The van der Waals surface area contributed by atoms with Gasteiger partial charge in [0, 0.05) is 24.2 Å². The molecule has 2 atom stereocenters. The van der Waals surface area contributed by atoms with Crippen molar-refractivity contribution >= 4 is 66.0 Å². The zero-order valence-corrected chi connectivity index (χ0v) is 31.7. The monoisotopic (exact) mass is 836 g/mol. The van der Waals surface area contributed by atoms with Gasteiger partial charge >= 0.3 is 27.9 Å². The Morgan fingerprint density at radius 2 is 1.80 bits per heavy atom. The number of rotatable bonds is 14. The average Bonchev–Trinajstić information content (AvgIpc) is 3.71. The molecule has 0 unspecified atom stereocenters. The van der Waals surface area contributed by atoms with Crippen molar-refractivity contribution in [3.63, 3.8) is 0 Å². The predicted molar refractivity (Wildman–Crippen MR) is 194 cm³/mol. The molecule has 1 fully saturated rings. The van der Waals surface area contributed by atoms with Crippen molar-refractivity contribution in [2.24, 2.45) is 5.16 Å². The topological polar surface area (TPSA) is 338 Å². The summed E-state index contributed by atoms with van der Waals surface area (Å²) in [4.78, 5) is 88.5. The molecule has 4 amide bonds. The van der Waals surface area contributed by atoms with Gasteiger partial charge in [-0.25, -0.2) is 32.5 Å². The molecule has 0 radical (unpaired) electrons. The number of thiazole rings is 1. The van der Waals surface area contributed by atoms with Crippen LogP contribution < -0.4 is 26.9 Å². The summed E-state index contributed by atoms with van der Waals surface area (Å²) in [5.41, 5.74) is 0.449. The molecule has 1 saturated heterocycles. The molecule has 298 valence electrons. The van der Waals surface area contributed by atoms with Crippen molar-refractivity contribution in [3.05, 3.63) is 74.4 Å². The van der Waals surface area contributed by atoms with Crippen molar-refractivity contribution < 1.29 is 51.1 Å². The van der Waals surface area contributed by atoms with Gasteiger partial charge in [0.2, 0.25) is 11.0 Å². The van der Waals surface area contributed by atoms with Crippen LogP contribution in [0.5, 0.6) is 5.75 Å². The number of benzene rings is 1. The zero-order chi connectivity index (χ0) is 41.3. The molecule has 0 saturated carbocycles. The molecule has 4 heterocycles. The molecule has 4 aromatic rings. The van der Waals surface area contributed by atoms with Crippen LogP contribution >= 0.6 is 11.3 Å². The second-order valence-corrected chi connectivity index (χ2v) is 16.9. The number of aromatic nitrogens is 5. The number of carbonyl (C=O) groups excluding carboxylic acids is 3. The Balaban J connectivity index is 1.35. The van der Waals surface area contributed by atoms with E-state index in [2.05, 4.69) is 25.5 Å². The van der Waals surface area contributed by atoms with Crippen molar-refractivity contribution in [2.75, 3.05) is 11.5 Å². The molecule has 0 aliphatic carbocycles. The second-order valence-electron chi connectivity index (χ2n) is 12.4. The third-order valence-corrected chi connectivity index (χ3v) is 11.7. The van der Waals surface area contributed by atoms with Crippen molar-refractivity contribution in [1.82, 2.24) is 38.7 Å². The van der Waals surface area contributed by atoms with Gasteiger partial charge in [0.05, 0.1) is 22.4 Å². The number of oxime groups is 1. The van der Waals surface area contributed by atoms with E-state index in [1.54, 1.807) is 10.8 Å². The lowest BCUT2D eigenvalue weighted by molar-refractivity contribution is -0.161. The lowest BCUT2D eigenvalue weighted by Gasteiger charge is -2.43. The van der Waals surface area contributed by atoms with E-state index < -0.39 is 102 Å². The number of amides is 4. The highest BCUT2D eigenvalue weighted by atomic mass is 32.2. The van der Waals surface area contributed by atoms with E-state index in [1.165, 1.54) is 36.6 Å². The van der Waals surface area contributed by atoms with E-state index in [1.807, 2.05) is 0 Å². The summed E-state index contributed by atoms with van der Waals surface area (Å²) in [5.74, 6) is -5.33. The first kappa shape index (κ1) is 40.8. The number of sulfone groups is 1. The Labute approximate surface area is 319 Å². The Hall–Kier alpha value is -6.41. The quantitative estimate of drug-likeness (QED) is 0.0494. The molecule has 1 aromatic carbocycles. The maximum atomic E-state index is 13.5. The first-order valence-corrected chi connectivity index (χ1v) is 19.9. The number of carbonyl (C=O) groups is 4. The summed E-state index contributed by atoms with van der Waals surface area (Å²) in [7, 11) is -9.11. The SMILES string of the molecule is C[C@H]1[C@H](NC(=O)/C(=N\OC(C)(C)C(=O)O)c2csc(N)n2)C(=O)N1C(=O)NS(=O)(=O)n1nc(-c2cc(=O)c(O)c[nH]2)n(CCCS(=O)(=O)c2ccccc2)c1=O. The number of H-pyrrole nitrogens is 1. The number of pyridine rings is 1. The number of nitrogen functional groups attached to an aromatic ring is 1. The number of nitrogens with two attached hydrogens (primary N) is 1. The minimum Gasteiger partial charge on any atom is -0.503 e. The first-order chi connectivity index (χ1) is 26.1. The molecule has 7 N–H and O–H groups in total. The number of urea groups is 1. The second kappa shape index (κ2) is 15.4. The number of carboxylic acid groups (broad SMARTS) is 1. The number of likely N-dealkylation sites (tertiary alicyclic amines) is 1. The van der Waals surface area contributed by atoms with Gasteiger partial charge in [0.25, 0.3) is 11.8 Å². The number of aromatic amines is 1. The third-order valence-electron chi connectivity index (χ3n) is 8.07. The summed E-state index contributed by atoms with van der Waals surface area (Å²) in [6.07, 6.45) is 0.599. The molecule has 3 aromatic heterocycles. The molecular weight excluding hydrogens is 805 g/mol. The highest BCUT2D eigenvalue weighted by Gasteiger charge is 2.50. The fourth-order valence-electron chi connectivity index (χ4n) is 4.99. The van der Waals surface area contributed by atoms with E-state index in [4.69, 9.17) is 10.6 Å². The molecule has 56 heavy (non-hydrogen) atoms. The van der Waals surface area contributed by atoms with Crippen LogP contribution in [0, 0.1) is 0 Å². The average molecular weight is 837 g/mol. The lowest BCUT2D eigenvalue weighted by atomic mass is 9.97. The largest absolute Gasteiger partial charge is 0.503 e. The van der Waals surface area contributed by atoms with Crippen molar-refractivity contribution in [1.29, 1.82) is 0 Å². The molecule has 0 bridgehead atoms. The van der Waals surface area contributed by atoms with Crippen molar-refractivity contribution in [3.8, 4) is 17.3 Å². The van der Waals surface area contributed by atoms with Gasteiger partial charge in [0.15, 0.2) is 32.3 Å². The highest BCUT2D eigenvalue weighted by Crippen LogP contribution is 2.22. The summed E-state index contributed by atoms with van der Waals surface area (Å²) in [6, 6.07) is 3.96. The zero-order valence-electron chi connectivity index (χ0n) is 29.3. The Bertz CT molecular complexity index is 2600. The lowest BCUT2D eigenvalue weighted by Crippen LogP contribution is -2.73. The van der Waals surface area contributed by atoms with Crippen LogP contribution in [0.2, 0.25) is 0 Å². The van der Waals surface area contributed by atoms with Gasteiger partial charge in [-0.05, 0) is 39.3 Å². The Morgan fingerprint density at radius 1 is 1.12 bits per heavy atom. The minimum absolute atomic E-state index is 0.0000187. The summed E-state index contributed by atoms with van der Waals surface area (Å²) in [5, 5.41) is 30.0. The number of nitrogens with one attached hydrogen (secondary N) is 3. The molecule has 5 rings (SSSR count). The number of aliphatic carboxylic acids is 1. The number of nitrogens with zero attached hydrogens (tertiary/aromatic N) is 6. The molecular formula is C30H32N10O13S3. The first-order valence-electron chi connectivity index (χ1n) is 16.0. The van der Waals surface area contributed by atoms with Crippen LogP contribution in [0.25, 0.3) is 11.5 Å². The van der Waals surface area contributed by atoms with Crippen LogP contribution in [0.15, 0.2) is 67.6 Å². The normalized spacial score (nSPS) is 16.2. The molecule has 23 nitrogen and oxygen atoms in total. The smallest absolute Gasteiger partial charge is 0.362 e. The van der Waals surface area contributed by atoms with E-state index in [0.717, 1.165) is 42.0 Å². The van der Waals surface area contributed by atoms with Crippen LogP contribution in [-0.4, -0.2) is 109 Å². The molecule has 1 aliphatic heterocycles. The van der Waals surface area contributed by atoms with Crippen molar-refractivity contribution in [2.45, 2.75) is 56.3 Å². The van der Waals surface area contributed by atoms with E-state index in [-0.39, 0.29) is 31.9 Å². The minimum atomic E-state index is -5.27. The van der Waals surface area contributed by atoms with E-state index >= 15 is 0 Å². The fourth-order valence-corrected chi connectivity index (χ4v) is 7.75. The summed E-state index contributed by atoms with van der Waals surface area (Å²) >= 11 is 0.912. The maximum Gasteiger partial charge on any atom is 0.362 e. The van der Waals surface area contributed by atoms with Gasteiger partial charge in [0.1, 0.15) is 11.7 Å². The van der Waals surface area contributed by atoms with Crippen LogP contribution in [-0.2, 0) is 45.8 Å². The molecule has 26 heteroatoms. The Morgan fingerprint density at radius 3 is 2.39 bits per heavy atom. The fraction of sp³-hybridized carbons (Fsp3) is 0.300. The third kappa shape index (κ3) is 8.30. The highest BCUT2D eigenvalue weighted by molar-refractivity contribution is 7.91. The Kier molecular flexibility index (Phi) is 11.2. The standard InChI is InChI=1S/C30H32N10O13S3/c1-15-21(34-24(43)22(18-14-54-27(31)33-18)36-53-30(2,3)26(45)46)25(44)39(15)28(47)37-56(51,52)40-29(48)38(23(35-40)17-12-19(41)20(42)13-32-17)10-7-11-55(49,50)16-8-5-4-6-9-16/h4-6,8-9,12-15,21,42H,7,10-11H2,1-3H3,(H2,31,33)(H,32,41)(H,34,43)(H,37,47)(H,45,46)/b36-22-/t15-,21-/m0/s1. The molecule has 1 aliphatic rings.